The van der Waals surface area contributed by atoms with Gasteiger partial charge in [0.05, 0.1) is 12.9 Å². The van der Waals surface area contributed by atoms with Crippen molar-refractivity contribution < 1.29 is 5.11 Å². The Labute approximate surface area is 55.0 Å². The summed E-state index contributed by atoms with van der Waals surface area (Å²) in [5, 5.41) is 9.19. The van der Waals surface area contributed by atoms with E-state index < -0.39 is 0 Å². The van der Waals surface area contributed by atoms with E-state index in [0.29, 0.717) is 0 Å². The molecule has 0 aliphatic carbocycles. The summed E-state index contributed by atoms with van der Waals surface area (Å²) in [6, 6.07) is 0. The average Bonchev–Trinajstić information content (AvgIpc) is 2.37. The van der Waals surface area contributed by atoms with Crippen LogP contribution in [0, 0.1) is 0 Å². The summed E-state index contributed by atoms with van der Waals surface area (Å²) in [7, 11) is 0. The molecule has 1 heterocycles. The smallest absolute Gasteiger partial charge is 0.127 e. The maximum atomic E-state index is 9.19. The largest absolute Gasteiger partial charge is 0.374 e. The van der Waals surface area contributed by atoms with Gasteiger partial charge in [0.2, 0.25) is 0 Å². The zero-order chi connectivity index (χ0) is 6.69. The second-order valence-corrected chi connectivity index (χ2v) is 2.15. The SMILES string of the molecule is CCC(O)N1C=NCC1. The minimum Gasteiger partial charge on any atom is -0.374 e. The van der Waals surface area contributed by atoms with Crippen LogP contribution in [0.1, 0.15) is 13.3 Å². The van der Waals surface area contributed by atoms with Crippen LogP contribution in [0.25, 0.3) is 0 Å². The second-order valence-electron chi connectivity index (χ2n) is 2.15. The van der Waals surface area contributed by atoms with Crippen LogP contribution in [0.15, 0.2) is 4.99 Å². The fourth-order valence-corrected chi connectivity index (χ4v) is 0.854. The van der Waals surface area contributed by atoms with E-state index >= 15 is 0 Å². The summed E-state index contributed by atoms with van der Waals surface area (Å²) in [4.78, 5) is 5.82. The molecule has 0 amide bonds. The first kappa shape index (κ1) is 6.55. The van der Waals surface area contributed by atoms with Gasteiger partial charge in [-0.3, -0.25) is 4.99 Å². The van der Waals surface area contributed by atoms with E-state index in [4.69, 9.17) is 0 Å². The van der Waals surface area contributed by atoms with Gasteiger partial charge in [-0.15, -0.1) is 0 Å². The topological polar surface area (TPSA) is 35.8 Å². The molecule has 3 nitrogen and oxygen atoms in total. The summed E-state index contributed by atoms with van der Waals surface area (Å²) in [5.41, 5.74) is 0. The van der Waals surface area contributed by atoms with Crippen LogP contribution >= 0.6 is 0 Å². The van der Waals surface area contributed by atoms with Gasteiger partial charge in [0.25, 0.3) is 0 Å². The third-order valence-electron chi connectivity index (χ3n) is 1.47. The molecule has 0 radical (unpaired) electrons. The highest BCUT2D eigenvalue weighted by atomic mass is 16.3. The van der Waals surface area contributed by atoms with Gasteiger partial charge < -0.3 is 10.0 Å². The Bertz CT molecular complexity index is 114. The molecule has 1 aliphatic heterocycles. The van der Waals surface area contributed by atoms with Crippen molar-refractivity contribution in [3.05, 3.63) is 0 Å². The fraction of sp³-hybridized carbons (Fsp3) is 0.833. The molecule has 1 unspecified atom stereocenters. The lowest BCUT2D eigenvalue weighted by Crippen LogP contribution is -2.31. The lowest BCUT2D eigenvalue weighted by Gasteiger charge is -2.19. The molecule has 1 rings (SSSR count). The lowest BCUT2D eigenvalue weighted by atomic mass is 10.4. The first-order valence-corrected chi connectivity index (χ1v) is 3.28. The maximum absolute atomic E-state index is 9.19. The van der Waals surface area contributed by atoms with Gasteiger partial charge in [-0.1, -0.05) is 6.92 Å². The minimum atomic E-state index is -0.323. The van der Waals surface area contributed by atoms with Crippen molar-refractivity contribution in [2.45, 2.75) is 19.6 Å². The number of aliphatic imine (C=N–C) groups is 1. The summed E-state index contributed by atoms with van der Waals surface area (Å²) in [6.07, 6.45) is 2.16. The third kappa shape index (κ3) is 1.42. The molecule has 9 heavy (non-hydrogen) atoms. The van der Waals surface area contributed by atoms with Gasteiger partial charge in [-0.05, 0) is 6.42 Å². The Morgan fingerprint density at radius 3 is 3.11 bits per heavy atom. The highest BCUT2D eigenvalue weighted by Crippen LogP contribution is 2.00. The number of rotatable bonds is 2. The molecular weight excluding hydrogens is 116 g/mol. The molecule has 0 aromatic heterocycles. The van der Waals surface area contributed by atoms with Crippen LogP contribution in [0.5, 0.6) is 0 Å². The van der Waals surface area contributed by atoms with Gasteiger partial charge in [0.1, 0.15) is 6.23 Å². The number of aliphatic hydroxyl groups excluding tert-OH is 1. The second kappa shape index (κ2) is 2.82. The molecule has 1 aliphatic rings. The Morgan fingerprint density at radius 2 is 2.67 bits per heavy atom. The van der Waals surface area contributed by atoms with Crippen LogP contribution in [-0.2, 0) is 0 Å². The van der Waals surface area contributed by atoms with E-state index in [1.165, 1.54) is 0 Å². The van der Waals surface area contributed by atoms with Crippen molar-refractivity contribution in [1.82, 2.24) is 4.90 Å². The average molecular weight is 128 g/mol. The van der Waals surface area contributed by atoms with Crippen molar-refractivity contribution in [3.63, 3.8) is 0 Å². The maximum Gasteiger partial charge on any atom is 0.127 e. The molecule has 0 aromatic carbocycles. The van der Waals surface area contributed by atoms with Crippen LogP contribution in [0.3, 0.4) is 0 Å². The Hall–Kier alpha value is -0.570. The summed E-state index contributed by atoms with van der Waals surface area (Å²) in [5.74, 6) is 0. The van der Waals surface area contributed by atoms with Gasteiger partial charge in [-0.25, -0.2) is 0 Å². The van der Waals surface area contributed by atoms with Crippen LogP contribution in [0.4, 0.5) is 0 Å². The molecular formula is C6H12N2O. The molecule has 52 valence electrons. The Kier molecular flexibility index (Phi) is 2.05. The van der Waals surface area contributed by atoms with Crippen LogP contribution in [0.2, 0.25) is 0 Å². The molecule has 3 heteroatoms. The predicted octanol–water partition coefficient (Wildman–Crippen LogP) is 0.0587. The van der Waals surface area contributed by atoms with Crippen molar-refractivity contribution >= 4 is 6.34 Å². The quantitative estimate of drug-likeness (QED) is 0.570. The van der Waals surface area contributed by atoms with Crippen LogP contribution < -0.4 is 0 Å². The van der Waals surface area contributed by atoms with Gasteiger partial charge >= 0.3 is 0 Å². The highest BCUT2D eigenvalue weighted by molar-refractivity contribution is 5.57. The molecule has 1 atom stereocenters. The van der Waals surface area contributed by atoms with E-state index in [1.54, 1.807) is 6.34 Å². The molecule has 0 saturated heterocycles. The zero-order valence-electron chi connectivity index (χ0n) is 5.62. The van der Waals surface area contributed by atoms with Crippen molar-refractivity contribution in [2.75, 3.05) is 13.1 Å². The molecule has 0 saturated carbocycles. The molecule has 0 fully saturated rings. The summed E-state index contributed by atoms with van der Waals surface area (Å²) >= 11 is 0. The van der Waals surface area contributed by atoms with Gasteiger partial charge in [-0.2, -0.15) is 0 Å². The van der Waals surface area contributed by atoms with E-state index in [2.05, 4.69) is 4.99 Å². The normalized spacial score (nSPS) is 20.9. The molecule has 1 N–H and O–H groups in total. The van der Waals surface area contributed by atoms with Crippen LogP contribution in [-0.4, -0.2) is 35.7 Å². The van der Waals surface area contributed by atoms with E-state index in [1.807, 2.05) is 11.8 Å². The number of aliphatic hydroxyl groups is 1. The predicted molar refractivity (Wildman–Crippen MR) is 36.4 cm³/mol. The third-order valence-corrected chi connectivity index (χ3v) is 1.47. The Balaban J connectivity index is 2.33. The number of hydrogen-bond acceptors (Lipinski definition) is 3. The van der Waals surface area contributed by atoms with E-state index in [9.17, 15) is 5.11 Å². The lowest BCUT2D eigenvalue weighted by molar-refractivity contribution is 0.0603. The van der Waals surface area contributed by atoms with Crippen molar-refractivity contribution in [2.24, 2.45) is 4.99 Å². The highest BCUT2D eigenvalue weighted by Gasteiger charge is 2.11. The summed E-state index contributed by atoms with van der Waals surface area (Å²) < 4.78 is 0. The zero-order valence-corrected chi connectivity index (χ0v) is 5.62. The summed E-state index contributed by atoms with van der Waals surface area (Å²) in [6.45, 7) is 3.66. The first-order valence-electron chi connectivity index (χ1n) is 3.28. The Morgan fingerprint density at radius 1 is 1.89 bits per heavy atom. The number of nitrogens with zero attached hydrogens (tertiary/aromatic N) is 2. The minimum absolute atomic E-state index is 0.323. The van der Waals surface area contributed by atoms with Crippen molar-refractivity contribution in [1.29, 1.82) is 0 Å². The molecule has 0 aromatic rings. The number of hydrogen-bond donors (Lipinski definition) is 1. The van der Waals surface area contributed by atoms with E-state index in [-0.39, 0.29) is 6.23 Å². The van der Waals surface area contributed by atoms with Gasteiger partial charge in [0.15, 0.2) is 0 Å². The van der Waals surface area contributed by atoms with Crippen molar-refractivity contribution in [3.8, 4) is 0 Å². The fourth-order valence-electron chi connectivity index (χ4n) is 0.854. The standard InChI is InChI=1S/C6H12N2O/c1-2-6(9)8-4-3-7-5-8/h5-6,9H,2-4H2,1H3. The molecule has 0 spiro atoms. The monoisotopic (exact) mass is 128 g/mol. The van der Waals surface area contributed by atoms with E-state index in [0.717, 1.165) is 19.5 Å². The van der Waals surface area contributed by atoms with Gasteiger partial charge in [0, 0.05) is 6.54 Å². The molecule has 0 bridgehead atoms. The first-order chi connectivity index (χ1) is 4.34.